The van der Waals surface area contributed by atoms with E-state index in [1.54, 1.807) is 36.7 Å². The van der Waals surface area contributed by atoms with Crippen molar-refractivity contribution in [1.82, 2.24) is 14.6 Å². The number of carbonyl (C=O) groups is 2. The summed E-state index contributed by atoms with van der Waals surface area (Å²) < 4.78 is 1.52. The van der Waals surface area contributed by atoms with Crippen molar-refractivity contribution in [2.75, 3.05) is 10.6 Å². The van der Waals surface area contributed by atoms with Gasteiger partial charge < -0.3 is 10.6 Å². The number of imidazole rings is 1. The van der Waals surface area contributed by atoms with Crippen molar-refractivity contribution in [2.45, 2.75) is 13.8 Å². The molecule has 22 heavy (non-hydrogen) atoms. The van der Waals surface area contributed by atoms with Crippen LogP contribution in [0.15, 0.2) is 29.8 Å². The number of carbonyl (C=O) groups excluding carboxylic acids is 2. The van der Waals surface area contributed by atoms with Crippen molar-refractivity contribution in [2.24, 2.45) is 0 Å². The number of aromatic nitrogens is 3. The quantitative estimate of drug-likeness (QED) is 0.776. The second-order valence-electron chi connectivity index (χ2n) is 4.70. The van der Waals surface area contributed by atoms with E-state index in [0.29, 0.717) is 27.7 Å². The molecule has 2 N–H and O–H groups in total. The Morgan fingerprint density at radius 1 is 1.23 bits per heavy atom. The fourth-order valence-corrected chi connectivity index (χ4v) is 2.79. The van der Waals surface area contributed by atoms with Gasteiger partial charge in [-0.15, -0.1) is 0 Å². The normalized spacial score (nSPS) is 10.6. The van der Waals surface area contributed by atoms with Crippen molar-refractivity contribution in [3.8, 4) is 0 Å². The molecule has 0 radical (unpaired) electrons. The Balaban J connectivity index is 1.86. The topological polar surface area (TPSA) is 88.4 Å². The zero-order valence-electron chi connectivity index (χ0n) is 12.0. The number of nitrogens with zero attached hydrogens (tertiary/aromatic N) is 3. The largest absolute Gasteiger partial charge is 0.326 e. The molecule has 0 spiro atoms. The van der Waals surface area contributed by atoms with Crippen LogP contribution in [0.5, 0.6) is 0 Å². The van der Waals surface area contributed by atoms with E-state index in [2.05, 4.69) is 20.7 Å². The Labute approximate surface area is 130 Å². The molecule has 0 bridgehead atoms. The molecule has 2 amide bonds. The smallest absolute Gasteiger partial charge is 0.276 e. The number of nitrogens with one attached hydrogen (secondary N) is 2. The molecular formula is C14H13N5O2S. The van der Waals surface area contributed by atoms with Crippen LogP contribution in [-0.4, -0.2) is 26.4 Å². The first kappa shape index (κ1) is 14.2. The van der Waals surface area contributed by atoms with Gasteiger partial charge in [0.2, 0.25) is 10.9 Å². The third-order valence-corrected chi connectivity index (χ3v) is 3.65. The maximum Gasteiger partial charge on any atom is 0.276 e. The molecular weight excluding hydrogens is 302 g/mol. The van der Waals surface area contributed by atoms with E-state index in [0.717, 1.165) is 0 Å². The average molecular weight is 315 g/mol. The number of anilines is 2. The second kappa shape index (κ2) is 5.57. The van der Waals surface area contributed by atoms with Crippen LogP contribution in [0.2, 0.25) is 0 Å². The van der Waals surface area contributed by atoms with Crippen molar-refractivity contribution in [1.29, 1.82) is 0 Å². The summed E-state index contributed by atoms with van der Waals surface area (Å²) in [5, 5.41) is 9.58. The summed E-state index contributed by atoms with van der Waals surface area (Å²) in [5.74, 6) is -0.463. The summed E-state index contributed by atoms with van der Waals surface area (Å²) in [5.41, 5.74) is 3.86. The van der Waals surface area contributed by atoms with Crippen molar-refractivity contribution < 1.29 is 9.59 Å². The molecule has 0 unspecified atom stereocenters. The summed E-state index contributed by atoms with van der Waals surface area (Å²) in [6.07, 6.45) is 0. The molecule has 0 aliphatic carbocycles. The van der Waals surface area contributed by atoms with Gasteiger partial charge in [0, 0.05) is 18.3 Å². The number of amides is 2. The second-order valence-corrected chi connectivity index (χ2v) is 5.51. The Morgan fingerprint density at radius 2 is 1.95 bits per heavy atom. The molecule has 8 heteroatoms. The molecule has 2 aromatic heterocycles. The fraction of sp³-hybridized carbons (Fsp3) is 0.143. The lowest BCUT2D eigenvalue weighted by Gasteiger charge is -2.07. The molecule has 0 fully saturated rings. The SMILES string of the molecule is CC(=O)Nc1cccc(NC(=O)c2c(C)nc3scnn23)c1. The molecule has 3 aromatic rings. The highest BCUT2D eigenvalue weighted by atomic mass is 32.1. The fourth-order valence-electron chi connectivity index (χ4n) is 2.12. The summed E-state index contributed by atoms with van der Waals surface area (Å²) in [6, 6.07) is 6.94. The van der Waals surface area contributed by atoms with Crippen LogP contribution >= 0.6 is 11.3 Å². The van der Waals surface area contributed by atoms with Crippen molar-refractivity contribution in [3.63, 3.8) is 0 Å². The van der Waals surface area contributed by atoms with Gasteiger partial charge in [-0.25, -0.2) is 4.98 Å². The molecule has 112 valence electrons. The van der Waals surface area contributed by atoms with Gasteiger partial charge in [-0.3, -0.25) is 9.59 Å². The van der Waals surface area contributed by atoms with Gasteiger partial charge in [0.05, 0.1) is 5.69 Å². The van der Waals surface area contributed by atoms with Crippen LogP contribution in [-0.2, 0) is 4.79 Å². The summed E-state index contributed by atoms with van der Waals surface area (Å²) in [7, 11) is 0. The van der Waals surface area contributed by atoms with Crippen LogP contribution in [0.4, 0.5) is 11.4 Å². The summed E-state index contributed by atoms with van der Waals surface area (Å²) in [6.45, 7) is 3.20. The predicted molar refractivity (Wildman–Crippen MR) is 84.3 cm³/mol. The van der Waals surface area contributed by atoms with Crippen molar-refractivity contribution >= 4 is 39.5 Å². The number of hydrogen-bond acceptors (Lipinski definition) is 5. The monoisotopic (exact) mass is 315 g/mol. The van der Waals surface area contributed by atoms with Crippen LogP contribution in [0, 0.1) is 6.92 Å². The zero-order valence-corrected chi connectivity index (χ0v) is 12.8. The number of fused-ring (bicyclic) bond motifs is 1. The van der Waals surface area contributed by atoms with Gasteiger partial charge in [0.15, 0.2) is 5.69 Å². The van der Waals surface area contributed by atoms with Crippen molar-refractivity contribution in [3.05, 3.63) is 41.2 Å². The number of rotatable bonds is 3. The molecule has 2 heterocycles. The number of hydrogen-bond donors (Lipinski definition) is 2. The molecule has 1 aromatic carbocycles. The first-order valence-corrected chi connectivity index (χ1v) is 7.40. The van der Waals surface area contributed by atoms with Crippen LogP contribution in [0.3, 0.4) is 0 Å². The zero-order chi connectivity index (χ0) is 15.7. The van der Waals surface area contributed by atoms with E-state index in [1.165, 1.54) is 22.8 Å². The summed E-state index contributed by atoms with van der Waals surface area (Å²) >= 11 is 1.37. The summed E-state index contributed by atoms with van der Waals surface area (Å²) in [4.78, 5) is 28.5. The van der Waals surface area contributed by atoms with Crippen LogP contribution in [0.1, 0.15) is 23.1 Å². The molecule has 7 nitrogen and oxygen atoms in total. The van der Waals surface area contributed by atoms with Gasteiger partial charge in [-0.1, -0.05) is 17.4 Å². The van der Waals surface area contributed by atoms with Gasteiger partial charge in [0.1, 0.15) is 5.51 Å². The molecule has 0 aliphatic heterocycles. The van der Waals surface area contributed by atoms with Gasteiger partial charge >= 0.3 is 0 Å². The van der Waals surface area contributed by atoms with Gasteiger partial charge in [-0.05, 0) is 25.1 Å². The molecule has 0 saturated carbocycles. The first-order chi connectivity index (χ1) is 10.5. The van der Waals surface area contributed by atoms with Crippen LogP contribution < -0.4 is 10.6 Å². The maximum atomic E-state index is 12.4. The lowest BCUT2D eigenvalue weighted by molar-refractivity contribution is -0.114. The highest BCUT2D eigenvalue weighted by Gasteiger charge is 2.18. The predicted octanol–water partition coefficient (Wildman–Crippen LogP) is 2.31. The minimum absolute atomic E-state index is 0.167. The molecule has 0 atom stereocenters. The van der Waals surface area contributed by atoms with Gasteiger partial charge in [-0.2, -0.15) is 9.61 Å². The van der Waals surface area contributed by atoms with E-state index in [4.69, 9.17) is 0 Å². The standard InChI is InChI=1S/C14H13N5O2S/c1-8-12(19-14(16-8)22-7-15-19)13(21)18-11-5-3-4-10(6-11)17-9(2)20/h3-7H,1-2H3,(H,17,20)(H,18,21). The van der Waals surface area contributed by atoms with E-state index in [-0.39, 0.29) is 11.8 Å². The molecule has 0 saturated heterocycles. The van der Waals surface area contributed by atoms with Gasteiger partial charge in [0.25, 0.3) is 5.91 Å². The van der Waals surface area contributed by atoms with E-state index >= 15 is 0 Å². The third kappa shape index (κ3) is 2.68. The molecule has 3 rings (SSSR count). The third-order valence-electron chi connectivity index (χ3n) is 2.98. The van der Waals surface area contributed by atoms with E-state index in [9.17, 15) is 9.59 Å². The molecule has 0 aliphatic rings. The maximum absolute atomic E-state index is 12.4. The highest BCUT2D eigenvalue weighted by molar-refractivity contribution is 7.14. The number of benzene rings is 1. The van der Waals surface area contributed by atoms with E-state index < -0.39 is 0 Å². The number of aryl methyl sites for hydroxylation is 1. The minimum atomic E-state index is -0.295. The average Bonchev–Trinajstić information content (AvgIpc) is 2.97. The highest BCUT2D eigenvalue weighted by Crippen LogP contribution is 2.19. The first-order valence-electron chi connectivity index (χ1n) is 6.52. The van der Waals surface area contributed by atoms with E-state index in [1.807, 2.05) is 0 Å². The Hall–Kier alpha value is -2.74. The lowest BCUT2D eigenvalue weighted by Crippen LogP contribution is -2.16. The van der Waals surface area contributed by atoms with Crippen LogP contribution in [0.25, 0.3) is 4.96 Å². The Kier molecular flexibility index (Phi) is 3.60. The Morgan fingerprint density at radius 3 is 2.68 bits per heavy atom. The minimum Gasteiger partial charge on any atom is -0.326 e. The Bertz CT molecular complexity index is 867. The lowest BCUT2D eigenvalue weighted by atomic mass is 10.2.